The molecule has 0 bridgehead atoms. The van der Waals surface area contributed by atoms with Crippen molar-refractivity contribution in [3.63, 3.8) is 0 Å². The van der Waals surface area contributed by atoms with Gasteiger partial charge in [-0.3, -0.25) is 9.59 Å². The van der Waals surface area contributed by atoms with Crippen molar-refractivity contribution in [2.45, 2.75) is 6.54 Å². The van der Waals surface area contributed by atoms with Crippen molar-refractivity contribution >= 4 is 5.91 Å². The quantitative estimate of drug-likeness (QED) is 0.755. The highest BCUT2D eigenvalue weighted by atomic mass is 16.3. The van der Waals surface area contributed by atoms with Gasteiger partial charge in [0, 0.05) is 25.4 Å². The Bertz CT molecular complexity index is 667. The van der Waals surface area contributed by atoms with Gasteiger partial charge in [-0.05, 0) is 5.56 Å². The van der Waals surface area contributed by atoms with E-state index >= 15 is 0 Å². The molecule has 110 valence electrons. The minimum atomic E-state index is -0.485. The number of hydrogen-bond donors (Lipinski definition) is 3. The lowest BCUT2D eigenvalue weighted by atomic mass is 10.1. The van der Waals surface area contributed by atoms with Gasteiger partial charge in [-0.25, -0.2) is 0 Å². The molecular weight excluding hydrogens is 272 g/mol. The fourth-order valence-electron chi connectivity index (χ4n) is 1.98. The molecule has 0 atom stereocenters. The van der Waals surface area contributed by atoms with Crippen LogP contribution in [0.3, 0.4) is 0 Å². The molecule has 2 rings (SSSR count). The second-order valence-corrected chi connectivity index (χ2v) is 4.53. The highest BCUT2D eigenvalue weighted by molar-refractivity contribution is 5.96. The molecule has 6 heteroatoms. The summed E-state index contributed by atoms with van der Waals surface area (Å²) in [6.45, 7) is 0.244. The van der Waals surface area contributed by atoms with E-state index in [1.807, 2.05) is 30.3 Å². The molecule has 0 aliphatic carbocycles. The Labute approximate surface area is 121 Å². The summed E-state index contributed by atoms with van der Waals surface area (Å²) in [6, 6.07) is 10.3. The number of carbonyl (C=O) groups excluding carboxylic acids is 1. The third-order valence-electron chi connectivity index (χ3n) is 3.01. The Hall–Kier alpha value is -2.60. The van der Waals surface area contributed by atoms with Crippen molar-refractivity contribution in [3.05, 3.63) is 64.1 Å². The van der Waals surface area contributed by atoms with Crippen molar-refractivity contribution < 1.29 is 15.0 Å². The van der Waals surface area contributed by atoms with Gasteiger partial charge in [0.25, 0.3) is 11.5 Å². The number of amides is 1. The molecule has 0 fully saturated rings. The van der Waals surface area contributed by atoms with Crippen LogP contribution >= 0.6 is 0 Å². The number of pyridine rings is 1. The maximum atomic E-state index is 12.4. The number of aromatic hydroxyl groups is 1. The Morgan fingerprint density at radius 1 is 1.24 bits per heavy atom. The minimum Gasteiger partial charge on any atom is -0.507 e. The summed E-state index contributed by atoms with van der Waals surface area (Å²) >= 11 is 0. The second kappa shape index (κ2) is 6.71. The Kier molecular flexibility index (Phi) is 4.73. The lowest BCUT2D eigenvalue weighted by Crippen LogP contribution is -2.33. The Balaban J connectivity index is 2.25. The summed E-state index contributed by atoms with van der Waals surface area (Å²) < 4.78 is 0. The number of hydrogen-bond acceptors (Lipinski definition) is 4. The topological polar surface area (TPSA) is 93.6 Å². The molecule has 1 aromatic carbocycles. The van der Waals surface area contributed by atoms with E-state index < -0.39 is 11.5 Å². The molecule has 3 N–H and O–H groups in total. The molecule has 1 aromatic heterocycles. The predicted octanol–water partition coefficient (Wildman–Crippen LogP) is 0.715. The van der Waals surface area contributed by atoms with Gasteiger partial charge in [0.15, 0.2) is 0 Å². The van der Waals surface area contributed by atoms with E-state index in [2.05, 4.69) is 4.98 Å². The molecule has 0 spiro atoms. The van der Waals surface area contributed by atoms with Crippen LogP contribution in [0.4, 0.5) is 0 Å². The van der Waals surface area contributed by atoms with Crippen LogP contribution in [0.1, 0.15) is 15.9 Å². The van der Waals surface area contributed by atoms with Crippen LogP contribution in [0.2, 0.25) is 0 Å². The van der Waals surface area contributed by atoms with Crippen molar-refractivity contribution in [2.24, 2.45) is 0 Å². The van der Waals surface area contributed by atoms with Crippen LogP contribution in [-0.2, 0) is 6.54 Å². The summed E-state index contributed by atoms with van der Waals surface area (Å²) in [5.74, 6) is -0.832. The van der Waals surface area contributed by atoms with Gasteiger partial charge in [-0.15, -0.1) is 0 Å². The number of carbonyl (C=O) groups is 1. The molecule has 0 saturated heterocycles. The zero-order chi connectivity index (χ0) is 15.2. The second-order valence-electron chi connectivity index (χ2n) is 4.53. The van der Waals surface area contributed by atoms with Crippen LogP contribution in [0, 0.1) is 0 Å². The SMILES string of the molecule is O=C(c1c[nH]c(=O)cc1O)N(CCO)Cc1ccccc1. The molecule has 0 unspecified atom stereocenters. The van der Waals surface area contributed by atoms with Crippen LogP contribution in [0.15, 0.2) is 47.4 Å². The van der Waals surface area contributed by atoms with E-state index in [-0.39, 0.29) is 24.5 Å². The van der Waals surface area contributed by atoms with Crippen LogP contribution in [-0.4, -0.2) is 39.2 Å². The fraction of sp³-hybridized carbons (Fsp3) is 0.200. The van der Waals surface area contributed by atoms with Gasteiger partial charge in [-0.2, -0.15) is 0 Å². The smallest absolute Gasteiger partial charge is 0.259 e. The number of benzene rings is 1. The molecule has 0 aliphatic rings. The lowest BCUT2D eigenvalue weighted by Gasteiger charge is -2.22. The van der Waals surface area contributed by atoms with Gasteiger partial charge < -0.3 is 20.1 Å². The van der Waals surface area contributed by atoms with E-state index in [1.54, 1.807) is 0 Å². The van der Waals surface area contributed by atoms with Crippen LogP contribution in [0.25, 0.3) is 0 Å². The molecule has 21 heavy (non-hydrogen) atoms. The number of aliphatic hydroxyl groups is 1. The van der Waals surface area contributed by atoms with E-state index in [1.165, 1.54) is 11.1 Å². The molecule has 0 radical (unpaired) electrons. The van der Waals surface area contributed by atoms with Gasteiger partial charge in [-0.1, -0.05) is 30.3 Å². The average molecular weight is 288 g/mol. The fourth-order valence-corrected chi connectivity index (χ4v) is 1.98. The third-order valence-corrected chi connectivity index (χ3v) is 3.01. The lowest BCUT2D eigenvalue weighted by molar-refractivity contribution is 0.0704. The predicted molar refractivity (Wildman–Crippen MR) is 77.0 cm³/mol. The summed E-state index contributed by atoms with van der Waals surface area (Å²) in [5, 5.41) is 18.8. The molecule has 1 amide bonds. The molecule has 0 saturated carbocycles. The summed E-state index contributed by atoms with van der Waals surface area (Å²) in [4.78, 5) is 27.2. The highest BCUT2D eigenvalue weighted by Crippen LogP contribution is 2.16. The molecule has 2 aromatic rings. The number of aliphatic hydroxyl groups excluding tert-OH is 1. The van der Waals surface area contributed by atoms with E-state index in [0.717, 1.165) is 11.6 Å². The molecule has 0 aliphatic heterocycles. The monoisotopic (exact) mass is 288 g/mol. The summed E-state index contributed by atoms with van der Waals surface area (Å²) in [6.07, 6.45) is 1.18. The largest absolute Gasteiger partial charge is 0.507 e. The Morgan fingerprint density at radius 3 is 2.57 bits per heavy atom. The van der Waals surface area contributed by atoms with Crippen molar-refractivity contribution in [1.82, 2.24) is 9.88 Å². The maximum Gasteiger partial charge on any atom is 0.259 e. The van der Waals surface area contributed by atoms with Gasteiger partial charge in [0.2, 0.25) is 0 Å². The van der Waals surface area contributed by atoms with Gasteiger partial charge >= 0.3 is 0 Å². The number of aromatic amines is 1. The third kappa shape index (κ3) is 3.70. The average Bonchev–Trinajstić information content (AvgIpc) is 2.47. The van der Waals surface area contributed by atoms with E-state index in [0.29, 0.717) is 6.54 Å². The van der Waals surface area contributed by atoms with Crippen molar-refractivity contribution in [1.29, 1.82) is 0 Å². The molecule has 6 nitrogen and oxygen atoms in total. The number of H-pyrrole nitrogens is 1. The number of rotatable bonds is 5. The normalized spacial score (nSPS) is 10.3. The Morgan fingerprint density at radius 2 is 1.95 bits per heavy atom. The standard InChI is InChI=1S/C15H16N2O4/c18-7-6-17(10-11-4-2-1-3-5-11)15(21)12-9-16-14(20)8-13(12)19/h1-5,8-9,18H,6-7,10H2,(H2,16,19,20). The van der Waals surface area contributed by atoms with E-state index in [9.17, 15) is 14.7 Å². The zero-order valence-corrected chi connectivity index (χ0v) is 11.3. The summed E-state index contributed by atoms with van der Waals surface area (Å²) in [5.41, 5.74) is 0.419. The number of nitrogens with one attached hydrogen (secondary N) is 1. The zero-order valence-electron chi connectivity index (χ0n) is 11.3. The first-order chi connectivity index (χ1) is 10.1. The first-order valence-electron chi connectivity index (χ1n) is 6.47. The van der Waals surface area contributed by atoms with E-state index in [4.69, 9.17) is 5.11 Å². The van der Waals surface area contributed by atoms with Crippen molar-refractivity contribution in [3.8, 4) is 5.75 Å². The maximum absolute atomic E-state index is 12.4. The molecule has 1 heterocycles. The molecular formula is C15H16N2O4. The highest BCUT2D eigenvalue weighted by Gasteiger charge is 2.19. The van der Waals surface area contributed by atoms with Gasteiger partial charge in [0.1, 0.15) is 5.75 Å². The van der Waals surface area contributed by atoms with Crippen LogP contribution < -0.4 is 5.56 Å². The van der Waals surface area contributed by atoms with Gasteiger partial charge in [0.05, 0.1) is 12.2 Å². The minimum absolute atomic E-state index is 0.000943. The van der Waals surface area contributed by atoms with Crippen molar-refractivity contribution in [2.75, 3.05) is 13.2 Å². The number of nitrogens with zero attached hydrogens (tertiary/aromatic N) is 1. The summed E-state index contributed by atoms with van der Waals surface area (Å²) in [7, 11) is 0. The van der Waals surface area contributed by atoms with Crippen LogP contribution in [0.5, 0.6) is 5.75 Å². The first-order valence-corrected chi connectivity index (χ1v) is 6.47. The number of aromatic nitrogens is 1. The first kappa shape index (κ1) is 14.8.